The third-order valence-electron chi connectivity index (χ3n) is 1.76. The molecule has 1 amide bonds. The van der Waals surface area contributed by atoms with Gasteiger partial charge in [0.05, 0.1) is 0 Å². The highest BCUT2D eigenvalue weighted by Crippen LogP contribution is 1.98. The van der Waals surface area contributed by atoms with Crippen LogP contribution >= 0.6 is 0 Å². The van der Waals surface area contributed by atoms with E-state index in [1.165, 1.54) is 6.92 Å². The first-order chi connectivity index (χ1) is 6.07. The van der Waals surface area contributed by atoms with Gasteiger partial charge in [-0.1, -0.05) is 19.8 Å². The highest BCUT2D eigenvalue weighted by molar-refractivity contribution is 5.83. The van der Waals surface area contributed by atoms with Gasteiger partial charge in [0, 0.05) is 6.42 Å². The number of unbranched alkanes of at least 4 members (excludes halogenated alkanes) is 2. The second-order valence-corrected chi connectivity index (χ2v) is 3.08. The molecule has 0 aliphatic rings. The maximum atomic E-state index is 11.1. The van der Waals surface area contributed by atoms with Crippen molar-refractivity contribution in [3.05, 3.63) is 0 Å². The monoisotopic (exact) mass is 187 g/mol. The van der Waals surface area contributed by atoms with Crippen LogP contribution < -0.4 is 5.32 Å². The van der Waals surface area contributed by atoms with Gasteiger partial charge in [-0.25, -0.2) is 0 Å². The lowest BCUT2D eigenvalue weighted by molar-refractivity contribution is -0.141. The third kappa shape index (κ3) is 6.13. The summed E-state index contributed by atoms with van der Waals surface area (Å²) < 4.78 is 0. The lowest BCUT2D eigenvalue weighted by Crippen LogP contribution is -2.38. The van der Waals surface area contributed by atoms with Gasteiger partial charge < -0.3 is 10.4 Å². The molecular formula is C9H17NO3. The van der Waals surface area contributed by atoms with Gasteiger partial charge in [0.2, 0.25) is 5.91 Å². The van der Waals surface area contributed by atoms with E-state index in [-0.39, 0.29) is 5.91 Å². The van der Waals surface area contributed by atoms with E-state index >= 15 is 0 Å². The van der Waals surface area contributed by atoms with E-state index in [4.69, 9.17) is 5.11 Å². The van der Waals surface area contributed by atoms with Crippen molar-refractivity contribution in [1.29, 1.82) is 0 Å². The van der Waals surface area contributed by atoms with Gasteiger partial charge in [-0.15, -0.1) is 0 Å². The minimum Gasteiger partial charge on any atom is -0.480 e. The number of carboxylic acids is 1. The van der Waals surface area contributed by atoms with Crippen LogP contribution in [0.3, 0.4) is 0 Å². The highest BCUT2D eigenvalue weighted by atomic mass is 16.4. The van der Waals surface area contributed by atoms with Crippen LogP contribution in [0.2, 0.25) is 0 Å². The van der Waals surface area contributed by atoms with Crippen LogP contribution in [0.4, 0.5) is 0 Å². The summed E-state index contributed by atoms with van der Waals surface area (Å²) in [4.78, 5) is 21.4. The summed E-state index contributed by atoms with van der Waals surface area (Å²) in [5.41, 5.74) is 0. The molecule has 76 valence electrons. The van der Waals surface area contributed by atoms with E-state index in [0.29, 0.717) is 6.42 Å². The predicted octanol–water partition coefficient (Wildman–Crippen LogP) is 1.16. The summed E-state index contributed by atoms with van der Waals surface area (Å²) in [5, 5.41) is 10.9. The molecule has 0 radical (unpaired) electrons. The molecule has 4 nitrogen and oxygen atoms in total. The summed E-state index contributed by atoms with van der Waals surface area (Å²) in [6, 6.07) is -0.783. The van der Waals surface area contributed by atoms with E-state index in [1.807, 2.05) is 0 Å². The average molecular weight is 187 g/mol. The molecule has 0 saturated carbocycles. The number of hydrogen-bond donors (Lipinski definition) is 2. The number of nitrogens with one attached hydrogen (secondary N) is 1. The second-order valence-electron chi connectivity index (χ2n) is 3.08. The molecule has 0 bridgehead atoms. The molecule has 0 rings (SSSR count). The summed E-state index contributed by atoms with van der Waals surface area (Å²) in [6.07, 6.45) is 3.32. The quantitative estimate of drug-likeness (QED) is 0.613. The normalized spacial score (nSPS) is 12.2. The molecule has 0 spiro atoms. The molecule has 0 heterocycles. The van der Waals surface area contributed by atoms with Crippen LogP contribution in [0.15, 0.2) is 0 Å². The zero-order chi connectivity index (χ0) is 10.3. The third-order valence-corrected chi connectivity index (χ3v) is 1.76. The van der Waals surface area contributed by atoms with Gasteiger partial charge in [-0.2, -0.15) is 0 Å². The van der Waals surface area contributed by atoms with Crippen molar-refractivity contribution >= 4 is 11.9 Å². The predicted molar refractivity (Wildman–Crippen MR) is 49.4 cm³/mol. The average Bonchev–Trinajstić information content (AvgIpc) is 2.04. The number of carbonyl (C=O) groups is 2. The van der Waals surface area contributed by atoms with E-state index in [1.54, 1.807) is 0 Å². The van der Waals surface area contributed by atoms with Crippen molar-refractivity contribution in [3.8, 4) is 0 Å². The summed E-state index contributed by atoms with van der Waals surface area (Å²) >= 11 is 0. The fraction of sp³-hybridized carbons (Fsp3) is 0.778. The number of rotatable bonds is 6. The molecule has 0 aliphatic carbocycles. The second kappa shape index (κ2) is 6.46. The zero-order valence-corrected chi connectivity index (χ0v) is 8.17. The minimum atomic E-state index is -0.996. The Labute approximate surface area is 78.3 Å². The Hall–Kier alpha value is -1.06. The Balaban J connectivity index is 3.56. The number of amides is 1. The maximum Gasteiger partial charge on any atom is 0.325 e. The Kier molecular flexibility index (Phi) is 5.93. The van der Waals surface area contributed by atoms with Crippen LogP contribution in [0.5, 0.6) is 0 Å². The van der Waals surface area contributed by atoms with Crippen molar-refractivity contribution in [3.63, 3.8) is 0 Å². The van der Waals surface area contributed by atoms with Crippen molar-refractivity contribution in [2.24, 2.45) is 0 Å². The Morgan fingerprint density at radius 3 is 2.46 bits per heavy atom. The molecule has 0 aromatic heterocycles. The first-order valence-corrected chi connectivity index (χ1v) is 4.60. The topological polar surface area (TPSA) is 66.4 Å². The smallest absolute Gasteiger partial charge is 0.325 e. The van der Waals surface area contributed by atoms with Gasteiger partial charge in [0.15, 0.2) is 0 Å². The number of hydrogen-bond acceptors (Lipinski definition) is 2. The Morgan fingerprint density at radius 2 is 2.00 bits per heavy atom. The number of aliphatic carboxylic acids is 1. The molecule has 0 saturated heterocycles. The Morgan fingerprint density at radius 1 is 1.38 bits per heavy atom. The van der Waals surface area contributed by atoms with Crippen molar-refractivity contribution in [2.45, 2.75) is 45.6 Å². The summed E-state index contributed by atoms with van der Waals surface area (Å²) in [5.74, 6) is -1.17. The molecule has 0 aliphatic heterocycles. The largest absolute Gasteiger partial charge is 0.480 e. The first-order valence-electron chi connectivity index (χ1n) is 4.60. The molecule has 1 atom stereocenters. The van der Waals surface area contributed by atoms with E-state index in [9.17, 15) is 9.59 Å². The van der Waals surface area contributed by atoms with Gasteiger partial charge in [0.25, 0.3) is 0 Å². The van der Waals surface area contributed by atoms with Gasteiger partial charge >= 0.3 is 5.97 Å². The van der Waals surface area contributed by atoms with Crippen LogP contribution in [0, 0.1) is 0 Å². The van der Waals surface area contributed by atoms with E-state index in [2.05, 4.69) is 12.2 Å². The van der Waals surface area contributed by atoms with Crippen molar-refractivity contribution in [1.82, 2.24) is 5.32 Å². The zero-order valence-electron chi connectivity index (χ0n) is 8.17. The first kappa shape index (κ1) is 11.9. The highest BCUT2D eigenvalue weighted by Gasteiger charge is 2.12. The van der Waals surface area contributed by atoms with Gasteiger partial charge in [0.1, 0.15) is 6.04 Å². The minimum absolute atomic E-state index is 0.177. The molecule has 0 aromatic rings. The van der Waals surface area contributed by atoms with Gasteiger partial charge in [-0.05, 0) is 13.3 Å². The fourth-order valence-electron chi connectivity index (χ4n) is 0.911. The molecule has 4 heteroatoms. The summed E-state index contributed by atoms with van der Waals surface area (Å²) in [6.45, 7) is 3.51. The SMILES string of the molecule is CCCCCC(=O)NC(C)C(=O)O. The molecular weight excluding hydrogens is 170 g/mol. The molecule has 0 fully saturated rings. The number of carboxylic acid groups (broad SMARTS) is 1. The molecule has 0 aromatic carbocycles. The van der Waals surface area contributed by atoms with Crippen LogP contribution in [0.1, 0.15) is 39.5 Å². The van der Waals surface area contributed by atoms with Crippen molar-refractivity contribution < 1.29 is 14.7 Å². The van der Waals surface area contributed by atoms with E-state index in [0.717, 1.165) is 19.3 Å². The van der Waals surface area contributed by atoms with Gasteiger partial charge in [-0.3, -0.25) is 9.59 Å². The standard InChI is InChI=1S/C9H17NO3/c1-3-4-5-6-8(11)10-7(2)9(12)13/h7H,3-6H2,1-2H3,(H,10,11)(H,12,13). The number of carbonyl (C=O) groups excluding carboxylic acids is 1. The lowest BCUT2D eigenvalue weighted by Gasteiger charge is -2.08. The fourth-order valence-corrected chi connectivity index (χ4v) is 0.911. The lowest BCUT2D eigenvalue weighted by atomic mass is 10.2. The van der Waals surface area contributed by atoms with Crippen LogP contribution in [-0.2, 0) is 9.59 Å². The molecule has 2 N–H and O–H groups in total. The van der Waals surface area contributed by atoms with Crippen molar-refractivity contribution in [2.75, 3.05) is 0 Å². The van der Waals surface area contributed by atoms with Crippen LogP contribution in [0.25, 0.3) is 0 Å². The molecule has 13 heavy (non-hydrogen) atoms. The Bertz CT molecular complexity index is 180. The maximum absolute atomic E-state index is 11.1. The summed E-state index contributed by atoms with van der Waals surface area (Å²) in [7, 11) is 0. The van der Waals surface area contributed by atoms with Crippen LogP contribution in [-0.4, -0.2) is 23.0 Å². The van der Waals surface area contributed by atoms with E-state index < -0.39 is 12.0 Å². The molecule has 1 unspecified atom stereocenters.